The van der Waals surface area contributed by atoms with Gasteiger partial charge in [0.25, 0.3) is 0 Å². The predicted octanol–water partition coefficient (Wildman–Crippen LogP) is -1.44. The van der Waals surface area contributed by atoms with Crippen LogP contribution in [0.4, 0.5) is 0 Å². The van der Waals surface area contributed by atoms with Crippen LogP contribution >= 0.6 is 0 Å². The number of hydrogen-bond donors (Lipinski definition) is 4. The van der Waals surface area contributed by atoms with E-state index in [2.05, 4.69) is 10.0 Å². The lowest BCUT2D eigenvalue weighted by molar-refractivity contribution is -0.121. The van der Waals surface area contributed by atoms with Crippen LogP contribution in [0.2, 0.25) is 0 Å². The van der Waals surface area contributed by atoms with Crippen molar-refractivity contribution in [3.8, 4) is 5.75 Å². The molecule has 8 nitrogen and oxygen atoms in total. The molecule has 4 N–H and O–H groups in total. The second-order valence-electron chi connectivity index (χ2n) is 5.22. The number of nitrogens with one attached hydrogen (secondary N) is 2. The van der Waals surface area contributed by atoms with E-state index in [9.17, 15) is 23.3 Å². The molecule has 0 aliphatic carbocycles. The van der Waals surface area contributed by atoms with Gasteiger partial charge in [-0.3, -0.25) is 4.79 Å². The largest absolute Gasteiger partial charge is 0.547 e. The van der Waals surface area contributed by atoms with Gasteiger partial charge in [0.05, 0.1) is 18.3 Å². The highest BCUT2D eigenvalue weighted by Gasteiger charge is 2.36. The highest BCUT2D eigenvalue weighted by molar-refractivity contribution is 7.89. The van der Waals surface area contributed by atoms with Crippen molar-refractivity contribution in [2.24, 2.45) is 0 Å². The van der Waals surface area contributed by atoms with Gasteiger partial charge in [0.1, 0.15) is 5.75 Å². The van der Waals surface area contributed by atoms with Gasteiger partial charge in [-0.05, 0) is 19.0 Å². The summed E-state index contributed by atoms with van der Waals surface area (Å²) >= 11 is 0. The molecule has 2 rings (SSSR count). The molecule has 1 aliphatic heterocycles. The van der Waals surface area contributed by atoms with Crippen molar-refractivity contribution in [3.63, 3.8) is 0 Å². The van der Waals surface area contributed by atoms with Gasteiger partial charge in [-0.15, -0.1) is 0 Å². The van der Waals surface area contributed by atoms with Crippen molar-refractivity contribution in [3.05, 3.63) is 29.3 Å². The minimum absolute atomic E-state index is 0.212. The first-order valence-corrected chi connectivity index (χ1v) is 8.78. The molecule has 0 saturated heterocycles. The van der Waals surface area contributed by atoms with Crippen LogP contribution in [0.3, 0.4) is 0 Å². The Morgan fingerprint density at radius 1 is 1.48 bits per heavy atom. The zero-order valence-electron chi connectivity index (χ0n) is 12.7. The number of fused-ring (bicyclic) bond motifs is 1. The molecule has 0 unspecified atom stereocenters. The van der Waals surface area contributed by atoms with Gasteiger partial charge in [0.15, 0.2) is 0 Å². The lowest BCUT2D eigenvalue weighted by Gasteiger charge is -2.29. The average molecular weight is 342 g/mol. The fraction of sp³-hybridized carbons (Fsp3) is 0.462. The van der Waals surface area contributed by atoms with E-state index in [4.69, 9.17) is 4.65 Å². The summed E-state index contributed by atoms with van der Waals surface area (Å²) in [6.45, 7) is -0.213. The molecule has 0 spiro atoms. The van der Waals surface area contributed by atoms with Crippen LogP contribution in [0, 0.1) is 0 Å². The smallest absolute Gasteiger partial charge is 0.534 e. The minimum atomic E-state index is -3.46. The van der Waals surface area contributed by atoms with E-state index in [0.29, 0.717) is 17.7 Å². The Balaban J connectivity index is 2.00. The number of sulfonamides is 1. The van der Waals surface area contributed by atoms with Crippen LogP contribution in [0.1, 0.15) is 17.5 Å². The first-order chi connectivity index (χ1) is 10.9. The maximum atomic E-state index is 11.8. The van der Waals surface area contributed by atoms with E-state index >= 15 is 0 Å². The van der Waals surface area contributed by atoms with Gasteiger partial charge in [0, 0.05) is 12.0 Å². The third-order valence-electron chi connectivity index (χ3n) is 3.63. The number of para-hydroxylation sites is 1. The fourth-order valence-electron chi connectivity index (χ4n) is 2.35. The minimum Gasteiger partial charge on any atom is -0.534 e. The number of aliphatic hydroxyl groups is 1. The Morgan fingerprint density at radius 3 is 2.87 bits per heavy atom. The van der Waals surface area contributed by atoms with Crippen molar-refractivity contribution in [1.82, 2.24) is 10.0 Å². The average Bonchev–Trinajstić information content (AvgIpc) is 2.53. The highest BCUT2D eigenvalue weighted by Crippen LogP contribution is 2.30. The van der Waals surface area contributed by atoms with E-state index in [1.165, 1.54) is 7.05 Å². The Kier molecular flexibility index (Phi) is 5.63. The molecule has 0 fully saturated rings. The van der Waals surface area contributed by atoms with Crippen molar-refractivity contribution < 1.29 is 28.0 Å². The van der Waals surface area contributed by atoms with Crippen molar-refractivity contribution in [1.29, 1.82) is 0 Å². The Bertz CT molecular complexity index is 681. The molecular formula is C13H19BN2O6S. The van der Waals surface area contributed by atoms with Crippen molar-refractivity contribution in [2.75, 3.05) is 12.8 Å². The second-order valence-corrected chi connectivity index (χ2v) is 7.27. The maximum Gasteiger partial charge on any atom is 0.547 e. The quantitative estimate of drug-likeness (QED) is 0.469. The van der Waals surface area contributed by atoms with Crippen LogP contribution in [0.25, 0.3) is 0 Å². The van der Waals surface area contributed by atoms with Crippen LogP contribution in [0.15, 0.2) is 18.2 Å². The van der Waals surface area contributed by atoms with Crippen LogP contribution in [-0.4, -0.2) is 50.3 Å². The van der Waals surface area contributed by atoms with Gasteiger partial charge in [-0.2, -0.15) is 0 Å². The third-order valence-corrected chi connectivity index (χ3v) is 4.99. The molecule has 1 heterocycles. The molecule has 1 aromatic rings. The second kappa shape index (κ2) is 7.30. The van der Waals surface area contributed by atoms with Crippen LogP contribution in [-0.2, 0) is 27.8 Å². The summed E-state index contributed by atoms with van der Waals surface area (Å²) in [5.74, 6) is -1.07. The summed E-state index contributed by atoms with van der Waals surface area (Å²) in [6.07, 6.45) is 0.116. The number of amides is 1. The van der Waals surface area contributed by atoms with Crippen LogP contribution < -0.4 is 14.7 Å². The predicted molar refractivity (Wildman–Crippen MR) is 84.1 cm³/mol. The Hall–Kier alpha value is -1.62. The number of carbonyl (C=O) groups is 1. The molecule has 1 atom stereocenters. The molecule has 126 valence electrons. The fourth-order valence-corrected chi connectivity index (χ4v) is 3.00. The van der Waals surface area contributed by atoms with Gasteiger partial charge in [-0.1, -0.05) is 18.2 Å². The molecule has 1 aliphatic rings. The van der Waals surface area contributed by atoms with E-state index in [1.54, 1.807) is 18.2 Å². The number of benzene rings is 1. The summed E-state index contributed by atoms with van der Waals surface area (Å²) < 4.78 is 30.1. The van der Waals surface area contributed by atoms with Crippen molar-refractivity contribution in [2.45, 2.75) is 25.4 Å². The normalized spacial score (nSPS) is 17.3. The molecular weight excluding hydrogens is 323 g/mol. The molecule has 1 aromatic carbocycles. The van der Waals surface area contributed by atoms with E-state index in [1.807, 2.05) is 0 Å². The van der Waals surface area contributed by atoms with Gasteiger partial charge in [0.2, 0.25) is 15.9 Å². The maximum absolute atomic E-state index is 11.8. The van der Waals surface area contributed by atoms with Gasteiger partial charge >= 0.3 is 7.12 Å². The van der Waals surface area contributed by atoms with Gasteiger partial charge < -0.3 is 20.1 Å². The molecule has 0 radical (unpaired) electrons. The summed E-state index contributed by atoms with van der Waals surface area (Å²) in [5, 5.41) is 21.9. The van der Waals surface area contributed by atoms with Gasteiger partial charge in [-0.25, -0.2) is 13.1 Å². The Morgan fingerprint density at radius 2 is 2.22 bits per heavy atom. The number of aliphatic hydroxyl groups excluding tert-OH is 1. The highest BCUT2D eigenvalue weighted by atomic mass is 32.2. The SMILES string of the molecule is CNS(=O)(=O)CCC(=O)N[C@H]1Cc2cccc(CO)c2OB1O. The summed E-state index contributed by atoms with van der Waals surface area (Å²) in [4.78, 5) is 11.8. The van der Waals surface area contributed by atoms with Crippen LogP contribution in [0.5, 0.6) is 5.75 Å². The molecule has 1 amide bonds. The summed E-state index contributed by atoms with van der Waals surface area (Å²) in [7, 11) is -3.44. The number of hydrogen-bond acceptors (Lipinski definition) is 6. The Labute approximate surface area is 135 Å². The zero-order valence-corrected chi connectivity index (χ0v) is 13.5. The topological polar surface area (TPSA) is 125 Å². The summed E-state index contributed by atoms with van der Waals surface area (Å²) in [5.41, 5.74) is 1.32. The zero-order chi connectivity index (χ0) is 17.0. The molecule has 0 bridgehead atoms. The number of rotatable bonds is 6. The monoisotopic (exact) mass is 342 g/mol. The van der Waals surface area contributed by atoms with E-state index in [-0.39, 0.29) is 18.8 Å². The number of carbonyl (C=O) groups excluding carboxylic acids is 1. The third kappa shape index (κ3) is 4.44. The lowest BCUT2D eigenvalue weighted by Crippen LogP contribution is -2.53. The lowest BCUT2D eigenvalue weighted by atomic mass is 9.72. The molecule has 0 saturated carbocycles. The van der Waals surface area contributed by atoms with E-state index in [0.717, 1.165) is 5.56 Å². The molecule has 23 heavy (non-hydrogen) atoms. The van der Waals surface area contributed by atoms with Crippen molar-refractivity contribution >= 4 is 23.0 Å². The molecule has 10 heteroatoms. The molecule has 0 aromatic heterocycles. The standard InChI is InChI=1S/C13H19BN2O6S/c1-15-23(20,21)6-5-12(18)16-11-7-9-3-2-4-10(8-17)13(9)22-14(11)19/h2-4,11,15,17,19H,5-8H2,1H3,(H,16,18)/t11-/m0/s1. The first kappa shape index (κ1) is 17.7. The first-order valence-electron chi connectivity index (χ1n) is 7.13. The van der Waals surface area contributed by atoms with E-state index < -0.39 is 29.0 Å². The summed E-state index contributed by atoms with van der Waals surface area (Å²) in [6, 6.07) is 5.22.